The SMILES string of the molecule is CCCOc1cccc(C(N)C(C)(C)C)c1. The van der Waals surface area contributed by atoms with Gasteiger partial charge in [0.15, 0.2) is 0 Å². The van der Waals surface area contributed by atoms with Crippen LogP contribution in [0.1, 0.15) is 45.7 Å². The molecule has 16 heavy (non-hydrogen) atoms. The van der Waals surface area contributed by atoms with Crippen molar-refractivity contribution < 1.29 is 4.74 Å². The lowest BCUT2D eigenvalue weighted by Gasteiger charge is -2.27. The molecule has 1 rings (SSSR count). The second-order valence-corrected chi connectivity index (χ2v) is 5.26. The highest BCUT2D eigenvalue weighted by Gasteiger charge is 2.22. The van der Waals surface area contributed by atoms with E-state index in [0.717, 1.165) is 24.3 Å². The van der Waals surface area contributed by atoms with Gasteiger partial charge in [-0.2, -0.15) is 0 Å². The molecule has 1 unspecified atom stereocenters. The van der Waals surface area contributed by atoms with Gasteiger partial charge in [0.25, 0.3) is 0 Å². The van der Waals surface area contributed by atoms with Gasteiger partial charge in [0, 0.05) is 6.04 Å². The van der Waals surface area contributed by atoms with Gasteiger partial charge in [-0.15, -0.1) is 0 Å². The molecular formula is C14H23NO. The zero-order valence-corrected chi connectivity index (χ0v) is 10.8. The molecule has 0 aliphatic rings. The first kappa shape index (κ1) is 13.0. The molecule has 1 atom stereocenters. The molecule has 0 aliphatic heterocycles. The smallest absolute Gasteiger partial charge is 0.119 e. The van der Waals surface area contributed by atoms with Crippen molar-refractivity contribution in [3.8, 4) is 5.75 Å². The molecule has 1 aromatic rings. The summed E-state index contributed by atoms with van der Waals surface area (Å²) in [6, 6.07) is 8.14. The highest BCUT2D eigenvalue weighted by atomic mass is 16.5. The van der Waals surface area contributed by atoms with Crippen molar-refractivity contribution in [2.75, 3.05) is 6.61 Å². The lowest BCUT2D eigenvalue weighted by atomic mass is 9.83. The van der Waals surface area contributed by atoms with Gasteiger partial charge in [-0.05, 0) is 29.5 Å². The summed E-state index contributed by atoms with van der Waals surface area (Å²) in [5.41, 5.74) is 7.43. The quantitative estimate of drug-likeness (QED) is 0.844. The van der Waals surface area contributed by atoms with Gasteiger partial charge in [0.2, 0.25) is 0 Å². The van der Waals surface area contributed by atoms with E-state index in [-0.39, 0.29) is 11.5 Å². The van der Waals surface area contributed by atoms with Crippen molar-refractivity contribution in [2.45, 2.75) is 40.2 Å². The summed E-state index contributed by atoms with van der Waals surface area (Å²) in [6.07, 6.45) is 1.02. The third kappa shape index (κ3) is 3.53. The zero-order valence-electron chi connectivity index (χ0n) is 10.8. The lowest BCUT2D eigenvalue weighted by Crippen LogP contribution is -2.26. The molecule has 2 heteroatoms. The van der Waals surface area contributed by atoms with Crippen LogP contribution in [-0.2, 0) is 0 Å². The maximum atomic E-state index is 6.21. The fourth-order valence-corrected chi connectivity index (χ4v) is 1.52. The summed E-state index contributed by atoms with van der Waals surface area (Å²) < 4.78 is 5.60. The molecule has 0 fully saturated rings. The van der Waals surface area contributed by atoms with Crippen LogP contribution in [0, 0.1) is 5.41 Å². The van der Waals surface area contributed by atoms with Gasteiger partial charge in [-0.25, -0.2) is 0 Å². The molecule has 2 N–H and O–H groups in total. The fourth-order valence-electron chi connectivity index (χ4n) is 1.52. The first-order valence-corrected chi connectivity index (χ1v) is 5.93. The van der Waals surface area contributed by atoms with Gasteiger partial charge in [-0.3, -0.25) is 0 Å². The highest BCUT2D eigenvalue weighted by molar-refractivity contribution is 5.31. The lowest BCUT2D eigenvalue weighted by molar-refractivity contribution is 0.310. The molecule has 0 heterocycles. The third-order valence-corrected chi connectivity index (χ3v) is 2.62. The van der Waals surface area contributed by atoms with Crippen LogP contribution in [0.4, 0.5) is 0 Å². The number of hydrogen-bond acceptors (Lipinski definition) is 2. The topological polar surface area (TPSA) is 35.2 Å². The Morgan fingerprint density at radius 2 is 2.00 bits per heavy atom. The van der Waals surface area contributed by atoms with E-state index in [1.807, 2.05) is 18.2 Å². The molecule has 0 aromatic heterocycles. The molecule has 0 bridgehead atoms. The molecule has 1 aromatic carbocycles. The molecule has 0 saturated heterocycles. The summed E-state index contributed by atoms with van der Waals surface area (Å²) in [7, 11) is 0. The minimum absolute atomic E-state index is 0.0395. The largest absolute Gasteiger partial charge is 0.494 e. The fraction of sp³-hybridized carbons (Fsp3) is 0.571. The average molecular weight is 221 g/mol. The minimum atomic E-state index is 0.0395. The van der Waals surface area contributed by atoms with Crippen LogP contribution in [0.25, 0.3) is 0 Å². The molecule has 0 spiro atoms. The predicted octanol–water partition coefficient (Wildman–Crippen LogP) is 3.52. The summed E-state index contributed by atoms with van der Waals surface area (Å²) in [4.78, 5) is 0. The Kier molecular flexibility index (Phi) is 4.36. The van der Waals surface area contributed by atoms with Crippen LogP contribution in [0.15, 0.2) is 24.3 Å². The maximum absolute atomic E-state index is 6.21. The van der Waals surface area contributed by atoms with Gasteiger partial charge in [-0.1, -0.05) is 39.8 Å². The van der Waals surface area contributed by atoms with Crippen molar-refractivity contribution in [3.63, 3.8) is 0 Å². The van der Waals surface area contributed by atoms with Crippen LogP contribution in [0.5, 0.6) is 5.75 Å². The molecular weight excluding hydrogens is 198 g/mol. The summed E-state index contributed by atoms with van der Waals surface area (Å²) in [5, 5.41) is 0. The van der Waals surface area contributed by atoms with E-state index in [2.05, 4.69) is 33.8 Å². The Hall–Kier alpha value is -1.02. The number of rotatable bonds is 4. The Morgan fingerprint density at radius 3 is 2.56 bits per heavy atom. The Labute approximate surface area is 98.8 Å². The van der Waals surface area contributed by atoms with E-state index < -0.39 is 0 Å². The van der Waals surface area contributed by atoms with E-state index in [9.17, 15) is 0 Å². The minimum Gasteiger partial charge on any atom is -0.494 e. The van der Waals surface area contributed by atoms with Crippen molar-refractivity contribution in [1.82, 2.24) is 0 Å². The normalized spacial score (nSPS) is 13.6. The number of nitrogens with two attached hydrogens (primary N) is 1. The van der Waals surface area contributed by atoms with Crippen LogP contribution in [0.3, 0.4) is 0 Å². The first-order chi connectivity index (χ1) is 7.45. The van der Waals surface area contributed by atoms with Crippen LogP contribution in [0.2, 0.25) is 0 Å². The Bertz CT molecular complexity index is 328. The van der Waals surface area contributed by atoms with Crippen molar-refractivity contribution in [2.24, 2.45) is 11.1 Å². The first-order valence-electron chi connectivity index (χ1n) is 5.93. The summed E-state index contributed by atoms with van der Waals surface area (Å²) >= 11 is 0. The van der Waals surface area contributed by atoms with Gasteiger partial charge < -0.3 is 10.5 Å². The molecule has 0 aliphatic carbocycles. The van der Waals surface area contributed by atoms with Crippen molar-refractivity contribution in [1.29, 1.82) is 0 Å². The van der Waals surface area contributed by atoms with E-state index in [1.165, 1.54) is 0 Å². The summed E-state index contributed by atoms with van der Waals surface area (Å²) in [5.74, 6) is 0.916. The van der Waals surface area contributed by atoms with Crippen LogP contribution >= 0.6 is 0 Å². The van der Waals surface area contributed by atoms with E-state index in [0.29, 0.717) is 0 Å². The number of benzene rings is 1. The molecule has 90 valence electrons. The second-order valence-electron chi connectivity index (χ2n) is 5.26. The van der Waals surface area contributed by atoms with Crippen molar-refractivity contribution in [3.05, 3.63) is 29.8 Å². The third-order valence-electron chi connectivity index (χ3n) is 2.62. The standard InChI is InChI=1S/C14H23NO/c1-5-9-16-12-8-6-7-11(10-12)13(15)14(2,3)4/h6-8,10,13H,5,9,15H2,1-4H3. The van der Waals surface area contributed by atoms with E-state index >= 15 is 0 Å². The molecule has 0 radical (unpaired) electrons. The monoisotopic (exact) mass is 221 g/mol. The van der Waals surface area contributed by atoms with Crippen LogP contribution < -0.4 is 10.5 Å². The van der Waals surface area contributed by atoms with Crippen LogP contribution in [-0.4, -0.2) is 6.61 Å². The average Bonchev–Trinajstić information content (AvgIpc) is 2.24. The van der Waals surface area contributed by atoms with Gasteiger partial charge >= 0.3 is 0 Å². The number of ether oxygens (including phenoxy) is 1. The Balaban J connectivity index is 2.81. The predicted molar refractivity (Wildman–Crippen MR) is 68.6 cm³/mol. The van der Waals surface area contributed by atoms with Crippen molar-refractivity contribution >= 4 is 0 Å². The molecule has 0 amide bonds. The van der Waals surface area contributed by atoms with E-state index in [1.54, 1.807) is 0 Å². The highest BCUT2D eigenvalue weighted by Crippen LogP contribution is 2.31. The molecule has 0 saturated carbocycles. The number of hydrogen-bond donors (Lipinski definition) is 1. The van der Waals surface area contributed by atoms with Gasteiger partial charge in [0.05, 0.1) is 6.61 Å². The Morgan fingerprint density at radius 1 is 1.31 bits per heavy atom. The maximum Gasteiger partial charge on any atom is 0.119 e. The summed E-state index contributed by atoms with van der Waals surface area (Å²) in [6.45, 7) is 9.31. The second kappa shape index (κ2) is 5.35. The van der Waals surface area contributed by atoms with E-state index in [4.69, 9.17) is 10.5 Å². The zero-order chi connectivity index (χ0) is 12.2. The van der Waals surface area contributed by atoms with Gasteiger partial charge in [0.1, 0.15) is 5.75 Å². The molecule has 2 nitrogen and oxygen atoms in total.